The van der Waals surface area contributed by atoms with Crippen LogP contribution in [0.1, 0.15) is 29.8 Å². The largest absolute Gasteiger partial charge is 0.493 e. The van der Waals surface area contributed by atoms with E-state index in [-0.39, 0.29) is 44.6 Å². The molecule has 3 aromatic rings. The van der Waals surface area contributed by atoms with Gasteiger partial charge in [-0.15, -0.1) is 0 Å². The van der Waals surface area contributed by atoms with Crippen molar-refractivity contribution in [1.82, 2.24) is 9.36 Å². The predicted octanol–water partition coefficient (Wildman–Crippen LogP) is 3.88. The summed E-state index contributed by atoms with van der Waals surface area (Å²) < 4.78 is 52.0. The van der Waals surface area contributed by atoms with Gasteiger partial charge in [0.05, 0.1) is 18.4 Å². The number of amides is 1. The summed E-state index contributed by atoms with van der Waals surface area (Å²) in [5.41, 5.74) is 0.204. The number of esters is 1. The number of nitriles is 1. The van der Waals surface area contributed by atoms with Gasteiger partial charge in [0.2, 0.25) is 15.0 Å². The number of carbonyl (C=O) groups excluding carboxylic acids is 2. The summed E-state index contributed by atoms with van der Waals surface area (Å²) in [5, 5.41) is 11.4. The fourth-order valence-corrected chi connectivity index (χ4v) is 5.34. The summed E-state index contributed by atoms with van der Waals surface area (Å²) >= 11 is 0.681. The number of nitrogens with zero attached hydrogens (tertiary/aromatic N) is 3. The van der Waals surface area contributed by atoms with E-state index in [2.05, 4.69) is 14.7 Å². The van der Waals surface area contributed by atoms with Crippen LogP contribution in [0.4, 0.5) is 9.52 Å². The van der Waals surface area contributed by atoms with Gasteiger partial charge >= 0.3 is 5.97 Å². The van der Waals surface area contributed by atoms with Crippen molar-refractivity contribution in [2.24, 2.45) is 5.92 Å². The molecule has 10 nitrogen and oxygen atoms in total. The standard InChI is InChI=1S/C24H21FN4O6S2/c1-14(2)13-37(32,33)24-28-23(36-29-24)27-21(30)17(12-26)10-15-4-9-19(20(11-15)34-3)35-22(31)16-5-7-18(25)8-6-16/h4-11,14H,13H2,1-3H3,(H,27,28,29,30). The summed E-state index contributed by atoms with van der Waals surface area (Å²) in [6.45, 7) is 3.49. The van der Waals surface area contributed by atoms with Crippen LogP contribution in [0.3, 0.4) is 0 Å². The molecule has 37 heavy (non-hydrogen) atoms. The monoisotopic (exact) mass is 544 g/mol. The maximum atomic E-state index is 13.1. The Morgan fingerprint density at radius 3 is 2.51 bits per heavy atom. The van der Waals surface area contributed by atoms with Crippen LogP contribution >= 0.6 is 11.5 Å². The topological polar surface area (TPSA) is 148 Å². The quantitative estimate of drug-likeness (QED) is 0.183. The minimum absolute atomic E-state index is 0.0703. The second kappa shape index (κ2) is 11.7. The van der Waals surface area contributed by atoms with E-state index < -0.39 is 27.5 Å². The first-order chi connectivity index (χ1) is 17.5. The highest BCUT2D eigenvalue weighted by Crippen LogP contribution is 2.30. The zero-order chi connectivity index (χ0) is 27.2. The van der Waals surface area contributed by atoms with Crippen molar-refractivity contribution in [3.8, 4) is 17.6 Å². The number of sulfone groups is 1. The first-order valence-corrected chi connectivity index (χ1v) is 13.1. The molecule has 0 aliphatic rings. The molecule has 0 aliphatic carbocycles. The van der Waals surface area contributed by atoms with Gasteiger partial charge in [-0.3, -0.25) is 10.1 Å². The molecule has 3 rings (SSSR count). The Bertz CT molecular complexity index is 1490. The second-order valence-electron chi connectivity index (χ2n) is 7.99. The number of nitrogens with one attached hydrogen (secondary N) is 1. The molecule has 1 heterocycles. The molecule has 0 saturated carbocycles. The summed E-state index contributed by atoms with van der Waals surface area (Å²) in [5.74, 6) is -2.10. The van der Waals surface area contributed by atoms with Crippen molar-refractivity contribution in [3.63, 3.8) is 0 Å². The van der Waals surface area contributed by atoms with Crippen LogP contribution in [0.2, 0.25) is 0 Å². The molecule has 0 fully saturated rings. The molecule has 13 heteroatoms. The smallest absolute Gasteiger partial charge is 0.343 e. The van der Waals surface area contributed by atoms with Crippen LogP contribution < -0.4 is 14.8 Å². The number of hydrogen-bond donors (Lipinski definition) is 1. The van der Waals surface area contributed by atoms with Crippen LogP contribution in [0, 0.1) is 23.1 Å². The minimum Gasteiger partial charge on any atom is -0.493 e. The van der Waals surface area contributed by atoms with Crippen LogP contribution in [-0.4, -0.2) is 42.5 Å². The van der Waals surface area contributed by atoms with Crippen LogP contribution in [0.15, 0.2) is 53.2 Å². The lowest BCUT2D eigenvalue weighted by Crippen LogP contribution is -2.15. The van der Waals surface area contributed by atoms with Crippen molar-refractivity contribution >= 4 is 44.5 Å². The molecule has 0 atom stereocenters. The van der Waals surface area contributed by atoms with Crippen molar-refractivity contribution < 1.29 is 31.9 Å². The van der Waals surface area contributed by atoms with Crippen LogP contribution in [0.5, 0.6) is 11.5 Å². The molecule has 192 valence electrons. The number of methoxy groups -OCH3 is 1. The van der Waals surface area contributed by atoms with Gasteiger partial charge in [0.1, 0.15) is 17.5 Å². The Morgan fingerprint density at radius 1 is 1.19 bits per heavy atom. The summed E-state index contributed by atoms with van der Waals surface area (Å²) in [6, 6.07) is 10.9. The average Bonchev–Trinajstić information content (AvgIpc) is 3.32. The van der Waals surface area contributed by atoms with Crippen molar-refractivity contribution in [2.45, 2.75) is 19.0 Å². The molecular formula is C24H21FN4O6S2. The number of benzene rings is 2. The van der Waals surface area contributed by atoms with E-state index in [0.717, 1.165) is 12.1 Å². The molecule has 0 unspecified atom stereocenters. The Morgan fingerprint density at radius 2 is 1.89 bits per heavy atom. The Kier molecular flexibility index (Phi) is 8.69. The summed E-state index contributed by atoms with van der Waals surface area (Å²) in [4.78, 5) is 28.8. The Labute approximate surface area is 216 Å². The van der Waals surface area contributed by atoms with E-state index in [0.29, 0.717) is 17.1 Å². The maximum absolute atomic E-state index is 13.1. The molecule has 0 bridgehead atoms. The zero-order valence-corrected chi connectivity index (χ0v) is 21.5. The normalized spacial score (nSPS) is 11.6. The number of anilines is 1. The van der Waals surface area contributed by atoms with E-state index >= 15 is 0 Å². The van der Waals surface area contributed by atoms with E-state index in [1.165, 1.54) is 43.5 Å². The number of halogens is 1. The van der Waals surface area contributed by atoms with Gasteiger partial charge in [-0.1, -0.05) is 19.9 Å². The van der Waals surface area contributed by atoms with Gasteiger partial charge in [-0.25, -0.2) is 17.6 Å². The maximum Gasteiger partial charge on any atom is 0.343 e. The predicted molar refractivity (Wildman–Crippen MR) is 133 cm³/mol. The highest BCUT2D eigenvalue weighted by molar-refractivity contribution is 7.91. The van der Waals surface area contributed by atoms with Gasteiger partial charge in [-0.05, 0) is 54.0 Å². The number of aromatic nitrogens is 2. The fourth-order valence-electron chi connectivity index (χ4n) is 2.98. The van der Waals surface area contributed by atoms with Crippen LogP contribution in [0.25, 0.3) is 6.08 Å². The lowest BCUT2D eigenvalue weighted by molar-refractivity contribution is -0.112. The lowest BCUT2D eigenvalue weighted by Gasteiger charge is -2.10. The molecule has 0 saturated heterocycles. The number of ether oxygens (including phenoxy) is 2. The first-order valence-electron chi connectivity index (χ1n) is 10.7. The van der Waals surface area contributed by atoms with Gasteiger partial charge in [0.15, 0.2) is 11.5 Å². The van der Waals surface area contributed by atoms with Gasteiger partial charge in [-0.2, -0.15) is 14.6 Å². The SMILES string of the molecule is COc1cc(C=C(C#N)C(=O)Nc2nc(S(=O)(=O)CC(C)C)ns2)ccc1OC(=O)c1ccc(F)cc1. The van der Waals surface area contributed by atoms with Crippen molar-refractivity contribution in [3.05, 3.63) is 65.0 Å². The lowest BCUT2D eigenvalue weighted by atomic mass is 10.1. The molecule has 0 aliphatic heterocycles. The fraction of sp³-hybridized carbons (Fsp3) is 0.208. The van der Waals surface area contributed by atoms with Gasteiger partial charge in [0.25, 0.3) is 11.1 Å². The molecular weight excluding hydrogens is 523 g/mol. The van der Waals surface area contributed by atoms with Crippen molar-refractivity contribution in [1.29, 1.82) is 5.26 Å². The minimum atomic E-state index is -3.70. The Hall–Kier alpha value is -4.15. The third-order valence-electron chi connectivity index (χ3n) is 4.61. The van der Waals surface area contributed by atoms with E-state index in [9.17, 15) is 27.7 Å². The van der Waals surface area contributed by atoms with E-state index in [1.807, 2.05) is 0 Å². The third kappa shape index (κ3) is 7.18. The third-order valence-corrected chi connectivity index (χ3v) is 7.20. The van der Waals surface area contributed by atoms with Gasteiger partial charge < -0.3 is 9.47 Å². The molecule has 0 radical (unpaired) electrons. The molecule has 0 spiro atoms. The highest BCUT2D eigenvalue weighted by Gasteiger charge is 2.23. The number of carbonyl (C=O) groups is 2. The average molecular weight is 545 g/mol. The highest BCUT2D eigenvalue weighted by atomic mass is 32.2. The van der Waals surface area contributed by atoms with Crippen molar-refractivity contribution in [2.75, 3.05) is 18.2 Å². The number of hydrogen-bond acceptors (Lipinski definition) is 10. The second-order valence-corrected chi connectivity index (χ2v) is 10.7. The van der Waals surface area contributed by atoms with Crippen LogP contribution in [-0.2, 0) is 14.6 Å². The Balaban J connectivity index is 1.76. The molecule has 2 aromatic carbocycles. The molecule has 1 N–H and O–H groups in total. The van der Waals surface area contributed by atoms with E-state index in [1.54, 1.807) is 19.9 Å². The van der Waals surface area contributed by atoms with Gasteiger partial charge in [0, 0.05) is 11.5 Å². The molecule has 1 aromatic heterocycles. The first kappa shape index (κ1) is 27.4. The van der Waals surface area contributed by atoms with E-state index in [4.69, 9.17) is 9.47 Å². The summed E-state index contributed by atoms with van der Waals surface area (Å²) in [6.07, 6.45) is 1.26. The number of rotatable bonds is 9. The zero-order valence-electron chi connectivity index (χ0n) is 19.9. The molecule has 1 amide bonds. The summed E-state index contributed by atoms with van der Waals surface area (Å²) in [7, 11) is -2.35.